The summed E-state index contributed by atoms with van der Waals surface area (Å²) in [7, 11) is 0. The summed E-state index contributed by atoms with van der Waals surface area (Å²) in [5, 5.41) is 2.24. The number of carbonyl (C=O) groups is 4. The average Bonchev–Trinajstić information content (AvgIpc) is 3.21. The highest BCUT2D eigenvalue weighted by Gasteiger charge is 2.11. The van der Waals surface area contributed by atoms with Crippen LogP contribution in [0.2, 0.25) is 0 Å². The molecular formula is C34H41N4O18S3-3. The van der Waals surface area contributed by atoms with Gasteiger partial charge in [-0.2, -0.15) is 0 Å². The predicted octanol–water partition coefficient (Wildman–Crippen LogP) is -1.70. The van der Waals surface area contributed by atoms with Crippen LogP contribution < -0.4 is 46.2 Å². The second-order valence-electron chi connectivity index (χ2n) is 11.0. The Hall–Kier alpha value is -5.25. The van der Waals surface area contributed by atoms with Gasteiger partial charge in [0.2, 0.25) is 5.91 Å². The monoisotopic (exact) mass is 889 g/mol. The van der Waals surface area contributed by atoms with E-state index in [4.69, 9.17) is 55.1 Å². The minimum Gasteiger partial charge on any atom is -0.768 e. The van der Waals surface area contributed by atoms with E-state index in [1.54, 1.807) is 6.07 Å². The number of rotatable bonds is 14. The molecule has 59 heavy (non-hydrogen) atoms. The molecule has 3 unspecified atom stereocenters. The third-order valence-corrected chi connectivity index (χ3v) is 8.45. The summed E-state index contributed by atoms with van der Waals surface area (Å²) < 4.78 is 107. The lowest BCUT2D eigenvalue weighted by Gasteiger charge is -2.15. The van der Waals surface area contributed by atoms with E-state index in [2.05, 4.69) is 5.32 Å². The van der Waals surface area contributed by atoms with E-state index in [1.807, 2.05) is 0 Å². The number of hydrogen-bond donors (Lipinski definition) is 4. The van der Waals surface area contributed by atoms with E-state index in [-0.39, 0.29) is 39.3 Å². The maximum atomic E-state index is 11.2. The molecule has 1 aliphatic heterocycles. The summed E-state index contributed by atoms with van der Waals surface area (Å²) in [6.07, 6.45) is 0. The highest BCUT2D eigenvalue weighted by atomic mass is 32.2. The highest BCUT2D eigenvalue weighted by Crippen LogP contribution is 2.30. The number of benzene rings is 3. The van der Waals surface area contributed by atoms with Crippen molar-refractivity contribution in [3.05, 3.63) is 60.7 Å². The van der Waals surface area contributed by atoms with E-state index in [0.29, 0.717) is 70.1 Å². The number of ether oxygens (including phenoxy) is 8. The molecule has 0 fully saturated rings. The molecule has 22 nitrogen and oxygen atoms in total. The Labute approximate surface area is 345 Å². The van der Waals surface area contributed by atoms with Gasteiger partial charge < -0.3 is 74.1 Å². The van der Waals surface area contributed by atoms with E-state index < -0.39 is 70.1 Å². The Morgan fingerprint density at radius 3 is 1.51 bits per heavy atom. The molecule has 0 radical (unpaired) electrons. The Bertz CT molecular complexity index is 1890. The Morgan fingerprint density at radius 2 is 1.00 bits per heavy atom. The van der Waals surface area contributed by atoms with Crippen LogP contribution in [0, 0.1) is 0 Å². The summed E-state index contributed by atoms with van der Waals surface area (Å²) in [5.74, 6) is -1.35. The van der Waals surface area contributed by atoms with Crippen molar-refractivity contribution in [1.82, 2.24) is 5.32 Å². The number of primary amides is 3. The van der Waals surface area contributed by atoms with Crippen LogP contribution in [0.3, 0.4) is 0 Å². The zero-order valence-electron chi connectivity index (χ0n) is 31.1. The first kappa shape index (κ1) is 49.9. The van der Waals surface area contributed by atoms with Crippen molar-refractivity contribution in [2.45, 2.75) is 14.7 Å². The van der Waals surface area contributed by atoms with Crippen molar-refractivity contribution in [2.24, 2.45) is 17.2 Å². The topological polar surface area (TPSA) is 353 Å². The smallest absolute Gasteiger partial charge is 0.258 e. The number of amides is 4. The molecule has 4 rings (SSSR count). The van der Waals surface area contributed by atoms with Crippen LogP contribution in [-0.4, -0.2) is 129 Å². The van der Waals surface area contributed by atoms with E-state index in [9.17, 15) is 45.5 Å². The van der Waals surface area contributed by atoms with E-state index in [0.717, 1.165) is 6.07 Å². The molecular weight excluding hydrogens is 849 g/mol. The summed E-state index contributed by atoms with van der Waals surface area (Å²) in [5.41, 5.74) is 14.7. The van der Waals surface area contributed by atoms with Gasteiger partial charge in [-0.05, 0) is 93.9 Å². The van der Waals surface area contributed by atoms with Crippen LogP contribution in [0.15, 0.2) is 75.4 Å². The first-order valence-corrected chi connectivity index (χ1v) is 20.0. The van der Waals surface area contributed by atoms with Crippen LogP contribution in [0.1, 0.15) is 0 Å². The van der Waals surface area contributed by atoms with E-state index >= 15 is 0 Å². The molecule has 0 aliphatic carbocycles. The van der Waals surface area contributed by atoms with Gasteiger partial charge >= 0.3 is 0 Å². The number of hydrogen-bond acceptors (Lipinski definition) is 18. The number of carbonyl (C=O) groups excluding carboxylic acids is 4. The van der Waals surface area contributed by atoms with Crippen molar-refractivity contribution < 1.29 is 83.4 Å². The molecule has 0 aromatic heterocycles. The van der Waals surface area contributed by atoms with Gasteiger partial charge in [0.05, 0.1) is 46.2 Å². The fourth-order valence-electron chi connectivity index (χ4n) is 3.94. The number of fused-ring (bicyclic) bond motifs is 1. The lowest BCUT2D eigenvalue weighted by molar-refractivity contribution is -0.126. The maximum Gasteiger partial charge on any atom is 0.258 e. The minimum absolute atomic E-state index is 0.0262. The van der Waals surface area contributed by atoms with Crippen LogP contribution in [0.25, 0.3) is 0 Å². The molecule has 326 valence electrons. The van der Waals surface area contributed by atoms with Gasteiger partial charge in [0, 0.05) is 14.7 Å². The van der Waals surface area contributed by atoms with Crippen molar-refractivity contribution in [3.8, 4) is 28.7 Å². The van der Waals surface area contributed by atoms with Gasteiger partial charge in [0.25, 0.3) is 17.7 Å². The molecule has 3 aromatic rings. The molecule has 0 spiro atoms. The molecule has 0 bridgehead atoms. The summed E-state index contributed by atoms with van der Waals surface area (Å²) in [4.78, 5) is 43.0. The van der Waals surface area contributed by atoms with Crippen LogP contribution in [0.4, 0.5) is 0 Å². The van der Waals surface area contributed by atoms with Crippen LogP contribution in [0.5, 0.6) is 28.7 Å². The minimum atomic E-state index is -2.47. The Balaban J connectivity index is 0.000000307. The lowest BCUT2D eigenvalue weighted by Crippen LogP contribution is -2.36. The fraction of sp³-hybridized carbons (Fsp3) is 0.353. The van der Waals surface area contributed by atoms with Crippen LogP contribution in [-0.2, 0) is 66.6 Å². The summed E-state index contributed by atoms with van der Waals surface area (Å²) >= 11 is -7.08. The molecule has 1 heterocycles. The second-order valence-corrected chi connectivity index (χ2v) is 13.8. The fourth-order valence-corrected chi connectivity index (χ4v) is 5.06. The number of nitrogens with one attached hydrogen (secondary N) is 1. The van der Waals surface area contributed by atoms with Crippen molar-refractivity contribution in [2.75, 3.05) is 79.2 Å². The SMILES string of the molecule is NC(=O)CNC(=O)COc1ccc(S(=O)[O-])cc1.NC(=O)COc1ccc(S(=O)[O-])cc1OCC(N)=O.O=S([O-])c1ccc2c(c1)OCCOCCOCCOCCO2. The molecule has 25 heteroatoms. The van der Waals surface area contributed by atoms with Crippen molar-refractivity contribution in [1.29, 1.82) is 0 Å². The van der Waals surface area contributed by atoms with Crippen molar-refractivity contribution in [3.63, 3.8) is 0 Å². The highest BCUT2D eigenvalue weighted by molar-refractivity contribution is 7.79. The molecule has 4 amide bonds. The van der Waals surface area contributed by atoms with Gasteiger partial charge in [-0.25, -0.2) is 0 Å². The zero-order valence-corrected chi connectivity index (χ0v) is 33.5. The van der Waals surface area contributed by atoms with Gasteiger partial charge in [0.1, 0.15) is 19.0 Å². The Morgan fingerprint density at radius 1 is 0.542 bits per heavy atom. The molecule has 0 saturated heterocycles. The second kappa shape index (κ2) is 28.2. The lowest BCUT2D eigenvalue weighted by atomic mass is 10.3. The Kier molecular flexibility index (Phi) is 23.9. The quantitative estimate of drug-likeness (QED) is 0.131. The first-order chi connectivity index (χ1) is 28.2. The van der Waals surface area contributed by atoms with Crippen LogP contribution >= 0.6 is 0 Å². The summed E-state index contributed by atoms with van der Waals surface area (Å²) in [6.45, 7) is 1.98. The normalized spacial score (nSPS) is 14.6. The molecule has 0 saturated carbocycles. The number of nitrogens with two attached hydrogens (primary N) is 3. The van der Waals surface area contributed by atoms with Gasteiger partial charge in [-0.15, -0.1) is 0 Å². The zero-order chi connectivity index (χ0) is 43.6. The maximum absolute atomic E-state index is 11.2. The first-order valence-electron chi connectivity index (χ1n) is 16.8. The van der Waals surface area contributed by atoms with Gasteiger partial charge in [0.15, 0.2) is 42.8 Å². The summed E-state index contributed by atoms with van der Waals surface area (Å²) in [6, 6.07) is 13.7. The third kappa shape index (κ3) is 21.9. The average molecular weight is 890 g/mol. The standard InChI is InChI=1S/C14H20O7S.C10H12N2O6S.C10H12N2O5S/c15-22(16)12-1-2-13-14(11-12)21-10-8-19-6-4-17-3-5-18-7-9-20-13;11-9(13)4-17-7-2-1-6(19(15)16)3-8(7)18-5-10(12)14;11-9(13)5-12-10(14)6-17-7-1-3-8(4-2-7)18(15)16/h1-2,11H,3-10H2,(H,15,16);1-3H,4-5H2,(H2,11,13)(H2,12,14)(H,15,16);1-4H,5-6H2,(H2,11,13)(H,12,14)(H,15,16)/p-3. The molecule has 3 atom stereocenters. The molecule has 1 aliphatic rings. The van der Waals surface area contributed by atoms with Crippen molar-refractivity contribution >= 4 is 56.9 Å². The molecule has 7 N–H and O–H groups in total. The van der Waals surface area contributed by atoms with Gasteiger partial charge in [-0.3, -0.25) is 31.8 Å². The van der Waals surface area contributed by atoms with E-state index in [1.165, 1.54) is 48.5 Å². The third-order valence-electron chi connectivity index (χ3n) is 6.52. The molecule has 3 aromatic carbocycles. The predicted molar refractivity (Wildman–Crippen MR) is 201 cm³/mol. The van der Waals surface area contributed by atoms with Gasteiger partial charge in [-0.1, -0.05) is 0 Å². The largest absolute Gasteiger partial charge is 0.768 e.